The number of hydrogen-bond donors (Lipinski definition) is 4. The SMILES string of the molecule is CS(=O)(=O)c1cccc(Nc2nc(N[C@@H]3CCCC3N)cc3c2C(=O)NC3)c1. The van der Waals surface area contributed by atoms with Gasteiger partial charge in [0.2, 0.25) is 0 Å². The van der Waals surface area contributed by atoms with Gasteiger partial charge in [-0.3, -0.25) is 4.79 Å². The number of benzene rings is 1. The molecule has 148 valence electrons. The van der Waals surface area contributed by atoms with Crippen LogP contribution in [-0.4, -0.2) is 37.6 Å². The number of nitrogens with two attached hydrogens (primary N) is 1. The molecule has 0 spiro atoms. The zero-order chi connectivity index (χ0) is 19.9. The molecule has 0 saturated heterocycles. The van der Waals surface area contributed by atoms with Crippen molar-refractivity contribution in [1.29, 1.82) is 0 Å². The second-order valence-corrected chi connectivity index (χ2v) is 9.36. The van der Waals surface area contributed by atoms with Crippen LogP contribution in [0.15, 0.2) is 35.2 Å². The van der Waals surface area contributed by atoms with Crippen LogP contribution in [0.2, 0.25) is 0 Å². The van der Waals surface area contributed by atoms with Gasteiger partial charge >= 0.3 is 0 Å². The van der Waals surface area contributed by atoms with E-state index in [9.17, 15) is 13.2 Å². The Hall–Kier alpha value is -2.65. The molecule has 1 aromatic heterocycles. The van der Waals surface area contributed by atoms with E-state index in [-0.39, 0.29) is 22.9 Å². The first kappa shape index (κ1) is 18.7. The number of sulfone groups is 1. The van der Waals surface area contributed by atoms with E-state index in [0.717, 1.165) is 31.1 Å². The summed E-state index contributed by atoms with van der Waals surface area (Å²) in [5, 5.41) is 9.31. The Kier molecular flexibility index (Phi) is 4.72. The topological polar surface area (TPSA) is 126 Å². The highest BCUT2D eigenvalue weighted by molar-refractivity contribution is 7.90. The zero-order valence-corrected chi connectivity index (χ0v) is 16.3. The van der Waals surface area contributed by atoms with Crippen molar-refractivity contribution in [3.63, 3.8) is 0 Å². The maximum Gasteiger partial charge on any atom is 0.255 e. The number of hydrogen-bond acceptors (Lipinski definition) is 7. The maximum absolute atomic E-state index is 12.3. The Bertz CT molecular complexity index is 1040. The molecule has 4 rings (SSSR count). The number of pyridine rings is 1. The standard InChI is InChI=1S/C19H23N5O3S/c1-28(26,27)13-5-2-4-12(9-13)22-18-17-11(10-21-19(17)25)8-16(24-18)23-15-7-3-6-14(15)20/h2,4-5,8-9,14-15H,3,6-7,10,20H2,1H3,(H,21,25)(H2,22,23,24)/t14?,15-/m1/s1. The van der Waals surface area contributed by atoms with E-state index in [2.05, 4.69) is 20.9 Å². The van der Waals surface area contributed by atoms with Crippen LogP contribution in [-0.2, 0) is 16.4 Å². The van der Waals surface area contributed by atoms with E-state index in [0.29, 0.717) is 29.4 Å². The monoisotopic (exact) mass is 401 g/mol. The van der Waals surface area contributed by atoms with Crippen molar-refractivity contribution in [2.75, 3.05) is 16.9 Å². The van der Waals surface area contributed by atoms with E-state index >= 15 is 0 Å². The summed E-state index contributed by atoms with van der Waals surface area (Å²) in [6, 6.07) is 8.56. The first-order chi connectivity index (χ1) is 13.3. The zero-order valence-electron chi connectivity index (χ0n) is 15.5. The number of carbonyl (C=O) groups is 1. The van der Waals surface area contributed by atoms with E-state index in [1.165, 1.54) is 12.1 Å². The Morgan fingerprint density at radius 1 is 1.25 bits per heavy atom. The summed E-state index contributed by atoms with van der Waals surface area (Å²) < 4.78 is 23.7. The highest BCUT2D eigenvalue weighted by Gasteiger charge is 2.28. The second kappa shape index (κ2) is 7.06. The van der Waals surface area contributed by atoms with Gasteiger partial charge in [0.25, 0.3) is 5.91 Å². The minimum Gasteiger partial charge on any atom is -0.366 e. The van der Waals surface area contributed by atoms with Gasteiger partial charge < -0.3 is 21.7 Å². The lowest BCUT2D eigenvalue weighted by atomic mass is 10.1. The molecule has 1 saturated carbocycles. The number of amides is 1. The van der Waals surface area contributed by atoms with E-state index in [1.54, 1.807) is 12.1 Å². The van der Waals surface area contributed by atoms with Crippen molar-refractivity contribution in [1.82, 2.24) is 10.3 Å². The molecule has 1 amide bonds. The Morgan fingerprint density at radius 2 is 2.07 bits per heavy atom. The normalized spacial score (nSPS) is 21.3. The number of fused-ring (bicyclic) bond motifs is 1. The molecule has 1 unspecified atom stereocenters. The minimum absolute atomic E-state index is 0.0812. The second-order valence-electron chi connectivity index (χ2n) is 7.34. The maximum atomic E-state index is 12.3. The van der Waals surface area contributed by atoms with Gasteiger partial charge in [-0.2, -0.15) is 0 Å². The minimum atomic E-state index is -3.34. The van der Waals surface area contributed by atoms with Gasteiger partial charge in [0, 0.05) is 30.6 Å². The van der Waals surface area contributed by atoms with Crippen LogP contribution in [0.25, 0.3) is 0 Å². The van der Waals surface area contributed by atoms with Gasteiger partial charge in [-0.15, -0.1) is 0 Å². The number of aromatic nitrogens is 1. The van der Waals surface area contributed by atoms with Crippen molar-refractivity contribution in [2.45, 2.75) is 42.8 Å². The Balaban J connectivity index is 1.69. The van der Waals surface area contributed by atoms with Crippen molar-refractivity contribution < 1.29 is 13.2 Å². The third kappa shape index (κ3) is 3.67. The fourth-order valence-corrected chi connectivity index (χ4v) is 4.38. The van der Waals surface area contributed by atoms with Crippen molar-refractivity contribution in [2.24, 2.45) is 5.73 Å². The van der Waals surface area contributed by atoms with Crippen LogP contribution < -0.4 is 21.7 Å². The van der Waals surface area contributed by atoms with Crippen LogP contribution in [0.4, 0.5) is 17.3 Å². The van der Waals surface area contributed by atoms with Gasteiger partial charge in [-0.25, -0.2) is 13.4 Å². The first-order valence-corrected chi connectivity index (χ1v) is 11.1. The fourth-order valence-electron chi connectivity index (χ4n) is 3.72. The molecule has 0 radical (unpaired) electrons. The molecule has 1 aliphatic heterocycles. The number of nitrogens with zero attached hydrogens (tertiary/aromatic N) is 1. The lowest BCUT2D eigenvalue weighted by Gasteiger charge is -2.19. The van der Waals surface area contributed by atoms with E-state index in [1.807, 2.05) is 6.07 Å². The first-order valence-electron chi connectivity index (χ1n) is 9.22. The lowest BCUT2D eigenvalue weighted by Crippen LogP contribution is -2.35. The van der Waals surface area contributed by atoms with Gasteiger partial charge in [0.1, 0.15) is 11.6 Å². The van der Waals surface area contributed by atoms with Crippen LogP contribution in [0, 0.1) is 0 Å². The smallest absolute Gasteiger partial charge is 0.255 e. The summed E-state index contributed by atoms with van der Waals surface area (Å²) >= 11 is 0. The number of nitrogens with one attached hydrogen (secondary N) is 3. The van der Waals surface area contributed by atoms with Crippen LogP contribution >= 0.6 is 0 Å². The molecular weight excluding hydrogens is 378 g/mol. The van der Waals surface area contributed by atoms with Crippen molar-refractivity contribution in [3.8, 4) is 0 Å². The largest absolute Gasteiger partial charge is 0.366 e. The molecule has 1 aromatic carbocycles. The molecule has 2 aromatic rings. The van der Waals surface area contributed by atoms with Crippen LogP contribution in [0.3, 0.4) is 0 Å². The van der Waals surface area contributed by atoms with Crippen molar-refractivity contribution in [3.05, 3.63) is 41.5 Å². The molecule has 1 fully saturated rings. The van der Waals surface area contributed by atoms with E-state index < -0.39 is 9.84 Å². The summed E-state index contributed by atoms with van der Waals surface area (Å²) in [5.41, 5.74) is 8.02. The van der Waals surface area contributed by atoms with Gasteiger partial charge in [-0.05, 0) is 49.1 Å². The van der Waals surface area contributed by atoms with Crippen molar-refractivity contribution >= 4 is 33.1 Å². The van der Waals surface area contributed by atoms with E-state index in [4.69, 9.17) is 5.73 Å². The Morgan fingerprint density at radius 3 is 2.79 bits per heavy atom. The Labute approximate surface area is 163 Å². The average Bonchev–Trinajstić information content (AvgIpc) is 3.21. The van der Waals surface area contributed by atoms with Gasteiger partial charge in [0.15, 0.2) is 9.84 Å². The summed E-state index contributed by atoms with van der Waals surface area (Å²) in [5.74, 6) is 0.847. The molecule has 5 N–H and O–H groups in total. The molecular formula is C19H23N5O3S. The molecule has 2 heterocycles. The third-order valence-corrected chi connectivity index (χ3v) is 6.31. The molecule has 2 aliphatic rings. The molecule has 9 heteroatoms. The van der Waals surface area contributed by atoms with Gasteiger partial charge in [0.05, 0.1) is 10.5 Å². The number of carbonyl (C=O) groups excluding carboxylic acids is 1. The highest BCUT2D eigenvalue weighted by Crippen LogP contribution is 2.30. The average molecular weight is 401 g/mol. The highest BCUT2D eigenvalue weighted by atomic mass is 32.2. The summed E-state index contributed by atoms with van der Waals surface area (Å²) in [6.45, 7) is 0.431. The molecule has 8 nitrogen and oxygen atoms in total. The summed E-state index contributed by atoms with van der Waals surface area (Å²) in [7, 11) is -3.34. The van der Waals surface area contributed by atoms with Crippen LogP contribution in [0.5, 0.6) is 0 Å². The number of anilines is 3. The summed E-state index contributed by atoms with van der Waals surface area (Å²) in [4.78, 5) is 17.1. The molecule has 1 aliphatic carbocycles. The quantitative estimate of drug-likeness (QED) is 0.601. The summed E-state index contributed by atoms with van der Waals surface area (Å²) in [6.07, 6.45) is 4.19. The van der Waals surface area contributed by atoms with Crippen LogP contribution in [0.1, 0.15) is 35.2 Å². The molecule has 28 heavy (non-hydrogen) atoms. The predicted octanol–water partition coefficient (Wildman–Crippen LogP) is 1.76. The lowest BCUT2D eigenvalue weighted by molar-refractivity contribution is 0.0966. The third-order valence-electron chi connectivity index (χ3n) is 5.20. The predicted molar refractivity (Wildman–Crippen MR) is 107 cm³/mol. The fraction of sp³-hybridized carbons (Fsp3) is 0.368. The molecule has 2 atom stereocenters. The molecule has 0 bridgehead atoms. The number of rotatable bonds is 5. The van der Waals surface area contributed by atoms with Gasteiger partial charge in [-0.1, -0.05) is 6.07 Å².